The summed E-state index contributed by atoms with van der Waals surface area (Å²) in [7, 11) is 0. The fraction of sp³-hybridized carbons (Fsp3) is 0.389. The maximum atomic E-state index is 11.6. The summed E-state index contributed by atoms with van der Waals surface area (Å²) >= 11 is 0. The third-order valence-electron chi connectivity index (χ3n) is 4.70. The molecule has 10 nitrogen and oxygen atoms in total. The second-order valence-electron chi connectivity index (χ2n) is 7.51. The molecule has 0 spiro atoms. The fourth-order valence-corrected chi connectivity index (χ4v) is 3.33. The number of amides is 1. The number of H-pyrrole nitrogens is 1. The van der Waals surface area contributed by atoms with E-state index in [9.17, 15) is 4.79 Å². The molecule has 146 valence electrons. The highest BCUT2D eigenvalue weighted by molar-refractivity contribution is 5.88. The molecule has 0 aromatic carbocycles. The highest BCUT2D eigenvalue weighted by Gasteiger charge is 2.41. The number of aromatic nitrogens is 6. The number of anilines is 3. The Morgan fingerprint density at radius 3 is 2.82 bits per heavy atom. The molecule has 1 saturated heterocycles. The summed E-state index contributed by atoms with van der Waals surface area (Å²) in [5, 5.41) is 12.9. The van der Waals surface area contributed by atoms with Crippen molar-refractivity contribution in [3.05, 3.63) is 31.4 Å². The summed E-state index contributed by atoms with van der Waals surface area (Å²) in [5.74, 6) is 1.02. The number of nitrogens with zero attached hydrogens (tertiary/aromatic N) is 6. The van der Waals surface area contributed by atoms with E-state index in [1.165, 1.54) is 6.08 Å². The zero-order valence-electron chi connectivity index (χ0n) is 16.1. The number of fused-ring (bicyclic) bond motifs is 1. The lowest BCUT2D eigenvalue weighted by molar-refractivity contribution is -0.118. The summed E-state index contributed by atoms with van der Waals surface area (Å²) in [5.41, 5.74) is 1.91. The average Bonchev–Trinajstić information content (AvgIpc) is 3.28. The standard InChI is InChI=1S/C18H23N9O/c1-5-13(28)25-18(4)8-26(9-18)17-23-15(22-12-6-20-21-7-12)14-16(24-17)27(10-19-14)11(2)3/h5-7,10-11H,1,8-9H2,2-4H3,(H,20,21)(H,25,28)(H,22,23,24). The lowest BCUT2D eigenvalue weighted by atomic mass is 9.92. The van der Waals surface area contributed by atoms with Crippen molar-refractivity contribution in [1.29, 1.82) is 0 Å². The van der Waals surface area contributed by atoms with Gasteiger partial charge in [-0.1, -0.05) is 6.58 Å². The van der Waals surface area contributed by atoms with Crippen molar-refractivity contribution in [1.82, 2.24) is 35.0 Å². The van der Waals surface area contributed by atoms with Gasteiger partial charge in [0.15, 0.2) is 17.0 Å². The average molecular weight is 381 g/mol. The fourth-order valence-electron chi connectivity index (χ4n) is 3.33. The lowest BCUT2D eigenvalue weighted by Crippen LogP contribution is -2.69. The molecule has 0 bridgehead atoms. The van der Waals surface area contributed by atoms with E-state index in [1.54, 1.807) is 18.7 Å². The Bertz CT molecular complexity index is 1020. The Kier molecular flexibility index (Phi) is 4.25. The molecule has 1 fully saturated rings. The van der Waals surface area contributed by atoms with E-state index in [1.807, 2.05) is 16.4 Å². The minimum Gasteiger partial charge on any atom is -0.344 e. The van der Waals surface area contributed by atoms with Gasteiger partial charge in [-0.3, -0.25) is 9.89 Å². The lowest BCUT2D eigenvalue weighted by Gasteiger charge is -2.48. The minimum atomic E-state index is -0.333. The Hall–Kier alpha value is -3.43. The number of carbonyl (C=O) groups is 1. The Labute approximate surface area is 162 Å². The van der Waals surface area contributed by atoms with E-state index < -0.39 is 0 Å². The van der Waals surface area contributed by atoms with Gasteiger partial charge in [-0.15, -0.1) is 0 Å². The molecule has 0 radical (unpaired) electrons. The third-order valence-corrected chi connectivity index (χ3v) is 4.70. The molecule has 3 aromatic rings. The van der Waals surface area contributed by atoms with Crippen LogP contribution in [0.4, 0.5) is 17.5 Å². The molecular weight excluding hydrogens is 358 g/mol. The Balaban J connectivity index is 1.68. The van der Waals surface area contributed by atoms with Crippen molar-refractivity contribution in [3.8, 4) is 0 Å². The molecule has 1 aliphatic rings. The predicted molar refractivity (Wildman–Crippen MR) is 107 cm³/mol. The summed E-state index contributed by atoms with van der Waals surface area (Å²) in [6.45, 7) is 10.9. The van der Waals surface area contributed by atoms with E-state index in [0.29, 0.717) is 30.4 Å². The number of hydrogen-bond acceptors (Lipinski definition) is 7. The normalized spacial score (nSPS) is 15.5. The van der Waals surface area contributed by atoms with E-state index in [0.717, 1.165) is 11.3 Å². The molecule has 0 aliphatic carbocycles. The number of hydrogen-bond donors (Lipinski definition) is 3. The third kappa shape index (κ3) is 3.17. The van der Waals surface area contributed by atoms with Crippen molar-refractivity contribution in [2.24, 2.45) is 0 Å². The van der Waals surface area contributed by atoms with Crippen LogP contribution in [0, 0.1) is 0 Å². The molecule has 0 atom stereocenters. The molecule has 1 aliphatic heterocycles. The van der Waals surface area contributed by atoms with E-state index in [2.05, 4.69) is 51.2 Å². The summed E-state index contributed by atoms with van der Waals surface area (Å²) in [6.07, 6.45) is 6.49. The minimum absolute atomic E-state index is 0.182. The molecule has 0 unspecified atom stereocenters. The van der Waals surface area contributed by atoms with E-state index in [-0.39, 0.29) is 17.5 Å². The maximum Gasteiger partial charge on any atom is 0.243 e. The molecule has 10 heteroatoms. The number of nitrogens with one attached hydrogen (secondary N) is 3. The van der Waals surface area contributed by atoms with Crippen LogP contribution >= 0.6 is 0 Å². The number of carbonyl (C=O) groups excluding carboxylic acids is 1. The monoisotopic (exact) mass is 381 g/mol. The summed E-state index contributed by atoms with van der Waals surface area (Å²) < 4.78 is 2.01. The molecule has 4 rings (SSSR count). The van der Waals surface area contributed by atoms with Gasteiger partial charge >= 0.3 is 0 Å². The van der Waals surface area contributed by atoms with Crippen LogP contribution in [0.5, 0.6) is 0 Å². The Morgan fingerprint density at radius 2 is 2.18 bits per heavy atom. The summed E-state index contributed by atoms with van der Waals surface area (Å²) in [4.78, 5) is 27.6. The first kappa shape index (κ1) is 18.0. The molecule has 1 amide bonds. The number of aromatic amines is 1. The summed E-state index contributed by atoms with van der Waals surface area (Å²) in [6, 6.07) is 0.211. The smallest absolute Gasteiger partial charge is 0.243 e. The van der Waals surface area contributed by atoms with Crippen molar-refractivity contribution in [3.63, 3.8) is 0 Å². The highest BCUT2D eigenvalue weighted by atomic mass is 16.1. The first-order chi connectivity index (χ1) is 13.4. The number of imidazole rings is 1. The highest BCUT2D eigenvalue weighted by Crippen LogP contribution is 2.30. The second-order valence-corrected chi connectivity index (χ2v) is 7.51. The molecule has 3 aromatic heterocycles. The zero-order chi connectivity index (χ0) is 19.9. The van der Waals surface area contributed by atoms with Crippen molar-refractivity contribution < 1.29 is 4.79 Å². The quantitative estimate of drug-likeness (QED) is 0.557. The van der Waals surface area contributed by atoms with E-state index in [4.69, 9.17) is 4.98 Å². The van der Waals surface area contributed by atoms with Gasteiger partial charge in [-0.25, -0.2) is 4.98 Å². The van der Waals surface area contributed by atoms with Crippen LogP contribution in [0.25, 0.3) is 11.2 Å². The molecule has 0 saturated carbocycles. The SMILES string of the molecule is C=CC(=O)NC1(C)CN(c2nc(Nc3cn[nH]c3)c3ncn(C(C)C)c3n2)C1. The second kappa shape index (κ2) is 6.63. The van der Waals surface area contributed by atoms with E-state index >= 15 is 0 Å². The van der Waals surface area contributed by atoms with Crippen LogP contribution in [0.1, 0.15) is 26.8 Å². The van der Waals surface area contributed by atoms with Crippen LogP contribution in [0.2, 0.25) is 0 Å². The molecular formula is C18H23N9O. The first-order valence-corrected chi connectivity index (χ1v) is 9.08. The van der Waals surface area contributed by atoms with Gasteiger partial charge in [0.2, 0.25) is 11.9 Å². The van der Waals surface area contributed by atoms with Crippen LogP contribution in [-0.2, 0) is 4.79 Å². The van der Waals surface area contributed by atoms with Gasteiger partial charge in [-0.05, 0) is 26.8 Å². The molecule has 3 N–H and O–H groups in total. The Morgan fingerprint density at radius 1 is 1.39 bits per heavy atom. The first-order valence-electron chi connectivity index (χ1n) is 9.08. The molecule has 4 heterocycles. The van der Waals surface area contributed by atoms with Crippen molar-refractivity contribution in [2.75, 3.05) is 23.3 Å². The van der Waals surface area contributed by atoms with Gasteiger partial charge in [0.25, 0.3) is 0 Å². The van der Waals surface area contributed by atoms with Gasteiger partial charge in [-0.2, -0.15) is 15.1 Å². The largest absolute Gasteiger partial charge is 0.344 e. The van der Waals surface area contributed by atoms with Crippen molar-refractivity contribution >= 4 is 34.5 Å². The predicted octanol–water partition coefficient (Wildman–Crippen LogP) is 1.75. The van der Waals surface area contributed by atoms with Crippen LogP contribution in [0.3, 0.4) is 0 Å². The molecule has 28 heavy (non-hydrogen) atoms. The van der Waals surface area contributed by atoms with Gasteiger partial charge < -0.3 is 20.1 Å². The van der Waals surface area contributed by atoms with Gasteiger partial charge in [0.1, 0.15) is 0 Å². The van der Waals surface area contributed by atoms with Gasteiger partial charge in [0, 0.05) is 25.3 Å². The maximum absolute atomic E-state index is 11.6. The zero-order valence-corrected chi connectivity index (χ0v) is 16.1. The van der Waals surface area contributed by atoms with Crippen LogP contribution in [-0.4, -0.2) is 54.3 Å². The van der Waals surface area contributed by atoms with Crippen LogP contribution in [0.15, 0.2) is 31.4 Å². The van der Waals surface area contributed by atoms with Crippen molar-refractivity contribution in [2.45, 2.75) is 32.4 Å². The van der Waals surface area contributed by atoms with Crippen LogP contribution < -0.4 is 15.5 Å². The van der Waals surface area contributed by atoms with Gasteiger partial charge in [0.05, 0.1) is 23.8 Å². The number of rotatable bonds is 6. The topological polar surface area (TPSA) is 117 Å².